The number of nitro benzene ring substituents is 1. The van der Waals surface area contributed by atoms with Gasteiger partial charge >= 0.3 is 0 Å². The van der Waals surface area contributed by atoms with E-state index in [1.54, 1.807) is 26.4 Å². The predicted octanol–water partition coefficient (Wildman–Crippen LogP) is 5.08. The summed E-state index contributed by atoms with van der Waals surface area (Å²) in [7, 11) is 3.29. The van der Waals surface area contributed by atoms with Crippen molar-refractivity contribution in [3.63, 3.8) is 0 Å². The zero-order valence-corrected chi connectivity index (χ0v) is 16.8. The summed E-state index contributed by atoms with van der Waals surface area (Å²) in [5, 5.41) is 15.1. The van der Waals surface area contributed by atoms with Gasteiger partial charge in [0.1, 0.15) is 0 Å². The van der Waals surface area contributed by atoms with Crippen molar-refractivity contribution in [1.29, 1.82) is 0 Å². The molecule has 6 heteroatoms. The Bertz CT molecular complexity index is 1140. The normalized spacial score (nSPS) is 21.1. The number of ether oxygens (including phenoxy) is 2. The third kappa shape index (κ3) is 2.71. The Morgan fingerprint density at radius 3 is 2.53 bits per heavy atom. The van der Waals surface area contributed by atoms with Crippen LogP contribution in [-0.2, 0) is 6.42 Å². The largest absolute Gasteiger partial charge is 0.493 e. The number of benzene rings is 3. The average Bonchev–Trinajstić information content (AvgIpc) is 3.17. The van der Waals surface area contributed by atoms with Crippen LogP contribution in [-0.4, -0.2) is 19.1 Å². The molecule has 0 unspecified atom stereocenters. The molecule has 2 aliphatic rings. The van der Waals surface area contributed by atoms with E-state index in [1.807, 2.05) is 24.3 Å². The number of hydrogen-bond donors (Lipinski definition) is 1. The Kier molecular flexibility index (Phi) is 4.35. The molecule has 0 aromatic heterocycles. The fourth-order valence-electron chi connectivity index (χ4n) is 5.13. The standard InChI is InChI=1S/C24H22N2O4/c1-29-21-9-5-8-17(24(21)30-2)23-19-12-14-6-3-4-7-16(14)22(19)18-13-15(26(27)28)10-11-20(18)25-23/h3-11,13,19,22-23,25H,12H2,1-2H3/t19-,22-,23-/m0/s1. The van der Waals surface area contributed by atoms with Crippen molar-refractivity contribution >= 4 is 11.4 Å². The molecule has 3 aromatic carbocycles. The summed E-state index contributed by atoms with van der Waals surface area (Å²) in [6, 6.07) is 19.4. The van der Waals surface area contributed by atoms with Gasteiger partial charge in [0.25, 0.3) is 5.69 Å². The van der Waals surface area contributed by atoms with Gasteiger partial charge in [0.2, 0.25) is 0 Å². The third-order valence-electron chi connectivity index (χ3n) is 6.36. The van der Waals surface area contributed by atoms with Crippen LogP contribution in [0.1, 0.15) is 34.2 Å². The van der Waals surface area contributed by atoms with Crippen LogP contribution in [0.25, 0.3) is 0 Å². The van der Waals surface area contributed by atoms with Crippen LogP contribution >= 0.6 is 0 Å². The second kappa shape index (κ2) is 7.06. The number of nitrogens with zero attached hydrogens (tertiary/aromatic N) is 1. The molecule has 1 heterocycles. The lowest BCUT2D eigenvalue weighted by atomic mass is 9.75. The lowest BCUT2D eigenvalue weighted by Crippen LogP contribution is -2.30. The Hall–Kier alpha value is -3.54. The van der Waals surface area contributed by atoms with Crippen LogP contribution in [0.15, 0.2) is 60.7 Å². The van der Waals surface area contributed by atoms with Crippen molar-refractivity contribution < 1.29 is 14.4 Å². The van der Waals surface area contributed by atoms with Crippen LogP contribution in [0.3, 0.4) is 0 Å². The number of non-ortho nitro benzene ring substituents is 1. The molecule has 0 amide bonds. The Morgan fingerprint density at radius 1 is 0.967 bits per heavy atom. The predicted molar refractivity (Wildman–Crippen MR) is 114 cm³/mol. The molecule has 1 aliphatic heterocycles. The Labute approximate surface area is 174 Å². The molecule has 5 rings (SSSR count). The minimum Gasteiger partial charge on any atom is -0.493 e. The van der Waals surface area contributed by atoms with Gasteiger partial charge in [0, 0.05) is 29.3 Å². The monoisotopic (exact) mass is 402 g/mol. The molecule has 3 aromatic rings. The molecule has 1 N–H and O–H groups in total. The summed E-state index contributed by atoms with van der Waals surface area (Å²) in [6.07, 6.45) is 0.890. The number of nitro groups is 1. The molecular formula is C24H22N2O4. The summed E-state index contributed by atoms with van der Waals surface area (Å²) in [4.78, 5) is 11.1. The summed E-state index contributed by atoms with van der Waals surface area (Å²) >= 11 is 0. The molecular weight excluding hydrogens is 380 g/mol. The number of methoxy groups -OCH3 is 2. The quantitative estimate of drug-likeness (QED) is 0.486. The van der Waals surface area contributed by atoms with Crippen molar-refractivity contribution in [2.24, 2.45) is 5.92 Å². The van der Waals surface area contributed by atoms with Crippen molar-refractivity contribution in [3.8, 4) is 11.5 Å². The average molecular weight is 402 g/mol. The van der Waals surface area contributed by atoms with Crippen molar-refractivity contribution in [1.82, 2.24) is 0 Å². The van der Waals surface area contributed by atoms with Gasteiger partial charge in [-0.05, 0) is 41.2 Å². The van der Waals surface area contributed by atoms with E-state index in [9.17, 15) is 10.1 Å². The Morgan fingerprint density at radius 2 is 1.77 bits per heavy atom. The number of nitrogens with one attached hydrogen (secondary N) is 1. The Balaban J connectivity index is 1.70. The van der Waals surface area contributed by atoms with E-state index in [0.29, 0.717) is 5.75 Å². The lowest BCUT2D eigenvalue weighted by Gasteiger charge is -2.38. The van der Waals surface area contributed by atoms with Gasteiger partial charge in [0.05, 0.1) is 25.2 Å². The minimum absolute atomic E-state index is 0.0126. The number of fused-ring (bicyclic) bond motifs is 5. The molecule has 30 heavy (non-hydrogen) atoms. The minimum atomic E-state index is -0.326. The molecule has 0 fully saturated rings. The van der Waals surface area contributed by atoms with Crippen molar-refractivity contribution in [2.75, 3.05) is 19.5 Å². The molecule has 6 nitrogen and oxygen atoms in total. The van der Waals surface area contributed by atoms with Crippen molar-refractivity contribution in [2.45, 2.75) is 18.4 Å². The van der Waals surface area contributed by atoms with Gasteiger partial charge in [-0.1, -0.05) is 36.4 Å². The van der Waals surface area contributed by atoms with E-state index in [-0.39, 0.29) is 28.5 Å². The van der Waals surface area contributed by atoms with Crippen LogP contribution in [0.5, 0.6) is 11.5 Å². The smallest absolute Gasteiger partial charge is 0.269 e. The highest BCUT2D eigenvalue weighted by atomic mass is 16.6. The van der Waals surface area contributed by atoms with Gasteiger partial charge in [-0.2, -0.15) is 0 Å². The highest BCUT2D eigenvalue weighted by Gasteiger charge is 2.44. The molecule has 152 valence electrons. The highest BCUT2D eigenvalue weighted by molar-refractivity contribution is 5.66. The van der Waals surface area contributed by atoms with Crippen LogP contribution < -0.4 is 14.8 Å². The molecule has 0 saturated heterocycles. The van der Waals surface area contributed by atoms with E-state index in [0.717, 1.165) is 29.0 Å². The number of para-hydroxylation sites is 1. The summed E-state index contributed by atoms with van der Waals surface area (Å²) in [5.41, 5.74) is 5.60. The highest BCUT2D eigenvalue weighted by Crippen LogP contribution is 2.55. The fourth-order valence-corrected chi connectivity index (χ4v) is 5.13. The first-order valence-electron chi connectivity index (χ1n) is 9.96. The number of anilines is 1. The molecule has 0 bridgehead atoms. The van der Waals surface area contributed by atoms with E-state index in [2.05, 4.69) is 29.6 Å². The zero-order chi connectivity index (χ0) is 20.8. The summed E-state index contributed by atoms with van der Waals surface area (Å²) < 4.78 is 11.3. The van der Waals surface area contributed by atoms with Crippen molar-refractivity contribution in [3.05, 3.63) is 93.0 Å². The fraction of sp³-hybridized carbons (Fsp3) is 0.250. The first-order valence-corrected chi connectivity index (χ1v) is 9.96. The first kappa shape index (κ1) is 18.5. The second-order valence-corrected chi connectivity index (χ2v) is 7.78. The number of hydrogen-bond acceptors (Lipinski definition) is 5. The maximum Gasteiger partial charge on any atom is 0.269 e. The summed E-state index contributed by atoms with van der Waals surface area (Å²) in [5.74, 6) is 1.70. The summed E-state index contributed by atoms with van der Waals surface area (Å²) in [6.45, 7) is 0. The SMILES string of the molecule is COc1cccc([C@@H]2Nc3ccc([N+](=O)[O-])cc3[C@@H]3c4ccccc4C[C@@H]32)c1OC. The third-order valence-corrected chi connectivity index (χ3v) is 6.36. The van der Waals surface area contributed by atoms with Crippen LogP contribution in [0.4, 0.5) is 11.4 Å². The van der Waals surface area contributed by atoms with Gasteiger partial charge in [-0.3, -0.25) is 10.1 Å². The molecule has 3 atom stereocenters. The zero-order valence-electron chi connectivity index (χ0n) is 16.8. The maximum atomic E-state index is 11.4. The molecule has 0 radical (unpaired) electrons. The molecule has 0 saturated carbocycles. The van der Waals surface area contributed by atoms with E-state index in [4.69, 9.17) is 9.47 Å². The first-order chi connectivity index (χ1) is 14.6. The second-order valence-electron chi connectivity index (χ2n) is 7.78. The van der Waals surface area contributed by atoms with E-state index in [1.165, 1.54) is 11.1 Å². The number of rotatable bonds is 4. The van der Waals surface area contributed by atoms with Gasteiger partial charge < -0.3 is 14.8 Å². The van der Waals surface area contributed by atoms with Crippen LogP contribution in [0, 0.1) is 16.0 Å². The van der Waals surface area contributed by atoms with E-state index >= 15 is 0 Å². The van der Waals surface area contributed by atoms with Gasteiger partial charge in [-0.25, -0.2) is 0 Å². The van der Waals surface area contributed by atoms with Crippen LogP contribution in [0.2, 0.25) is 0 Å². The maximum absolute atomic E-state index is 11.4. The van der Waals surface area contributed by atoms with Gasteiger partial charge in [-0.15, -0.1) is 0 Å². The molecule has 1 aliphatic carbocycles. The van der Waals surface area contributed by atoms with Gasteiger partial charge in [0.15, 0.2) is 11.5 Å². The van der Waals surface area contributed by atoms with E-state index < -0.39 is 0 Å². The topological polar surface area (TPSA) is 73.6 Å². The lowest BCUT2D eigenvalue weighted by molar-refractivity contribution is -0.384. The molecule has 0 spiro atoms.